The van der Waals surface area contributed by atoms with Gasteiger partial charge in [0.1, 0.15) is 12.4 Å². The van der Waals surface area contributed by atoms with Gasteiger partial charge in [-0.25, -0.2) is 0 Å². The van der Waals surface area contributed by atoms with Gasteiger partial charge in [-0.1, -0.05) is 39.3 Å². The minimum Gasteiger partial charge on any atom is -0.492 e. The van der Waals surface area contributed by atoms with E-state index in [1.807, 2.05) is 19.1 Å². The highest BCUT2D eigenvalue weighted by atomic mass is 127. The summed E-state index contributed by atoms with van der Waals surface area (Å²) in [6, 6.07) is 8.63. The Bertz CT molecular complexity index is 623. The Labute approximate surface area is 190 Å². The average Bonchev–Trinajstić information content (AvgIpc) is 2.70. The Hall–Kier alpha value is -0.830. The van der Waals surface area contributed by atoms with Crippen LogP contribution in [0.4, 0.5) is 0 Å². The molecule has 160 valence electrons. The van der Waals surface area contributed by atoms with Crippen molar-refractivity contribution in [3.05, 3.63) is 29.8 Å². The van der Waals surface area contributed by atoms with Crippen molar-refractivity contribution in [1.82, 2.24) is 10.6 Å². The zero-order valence-corrected chi connectivity index (χ0v) is 20.7. The molecule has 2 rings (SSSR count). The average molecular weight is 522 g/mol. The normalized spacial score (nSPS) is 21.0. The maximum absolute atomic E-state index is 12.1. The molecule has 7 heteroatoms. The summed E-state index contributed by atoms with van der Waals surface area (Å²) in [5, 5.41) is 7.11. The highest BCUT2D eigenvalue weighted by Crippen LogP contribution is 2.23. The minimum atomic E-state index is -0.704. The molecular weight excluding hydrogens is 485 g/mol. The number of ether oxygens (including phenoxy) is 1. The Morgan fingerprint density at radius 2 is 2.00 bits per heavy atom. The van der Waals surface area contributed by atoms with Gasteiger partial charge < -0.3 is 15.4 Å². The van der Waals surface area contributed by atoms with Crippen LogP contribution in [0, 0.1) is 0 Å². The largest absolute Gasteiger partial charge is 0.492 e. The second kappa shape index (κ2) is 13.4. The van der Waals surface area contributed by atoms with E-state index in [0.29, 0.717) is 30.4 Å². The molecule has 5 nitrogen and oxygen atoms in total. The third-order valence-electron chi connectivity index (χ3n) is 5.06. The molecule has 28 heavy (non-hydrogen) atoms. The molecule has 0 heterocycles. The molecule has 1 saturated carbocycles. The van der Waals surface area contributed by atoms with Crippen LogP contribution in [-0.2, 0) is 10.8 Å². The molecule has 0 saturated heterocycles. The molecule has 3 unspecified atom stereocenters. The van der Waals surface area contributed by atoms with Crippen LogP contribution in [0.25, 0.3) is 0 Å². The van der Waals surface area contributed by atoms with E-state index >= 15 is 0 Å². The lowest BCUT2D eigenvalue weighted by molar-refractivity contribution is 0.321. The monoisotopic (exact) mass is 521 g/mol. The number of aliphatic imine (C=N–C) groups is 1. The van der Waals surface area contributed by atoms with E-state index in [1.54, 1.807) is 7.05 Å². The van der Waals surface area contributed by atoms with E-state index < -0.39 is 10.8 Å². The van der Waals surface area contributed by atoms with Gasteiger partial charge in [0.25, 0.3) is 0 Å². The molecule has 0 radical (unpaired) electrons. The van der Waals surface area contributed by atoms with E-state index in [-0.39, 0.29) is 24.0 Å². The lowest BCUT2D eigenvalue weighted by atomic mass is 9.95. The van der Waals surface area contributed by atoms with E-state index in [0.717, 1.165) is 43.1 Å². The van der Waals surface area contributed by atoms with Gasteiger partial charge in [-0.15, -0.1) is 24.0 Å². The van der Waals surface area contributed by atoms with E-state index in [2.05, 4.69) is 41.6 Å². The Kier molecular flexibility index (Phi) is 12.1. The summed E-state index contributed by atoms with van der Waals surface area (Å²) in [5.74, 6) is 2.96. The fourth-order valence-corrected chi connectivity index (χ4v) is 4.77. The van der Waals surface area contributed by atoms with Crippen molar-refractivity contribution in [3.8, 4) is 5.75 Å². The van der Waals surface area contributed by atoms with Crippen molar-refractivity contribution in [3.63, 3.8) is 0 Å². The first-order chi connectivity index (χ1) is 13.0. The molecule has 0 aliphatic heterocycles. The number of guanidine groups is 1. The number of rotatable bonds is 8. The Balaban J connectivity index is 0.00000392. The number of benzene rings is 1. The molecule has 2 N–H and O–H groups in total. The Morgan fingerprint density at radius 3 is 2.61 bits per heavy atom. The number of hydrogen-bond donors (Lipinski definition) is 2. The van der Waals surface area contributed by atoms with Crippen molar-refractivity contribution < 1.29 is 8.95 Å². The highest BCUT2D eigenvalue weighted by molar-refractivity contribution is 14.0. The van der Waals surface area contributed by atoms with Crippen LogP contribution in [0.2, 0.25) is 0 Å². The molecule has 1 aliphatic rings. The smallest absolute Gasteiger partial charge is 0.191 e. The summed E-state index contributed by atoms with van der Waals surface area (Å²) >= 11 is 0. The van der Waals surface area contributed by atoms with Crippen molar-refractivity contribution in [2.45, 2.75) is 63.7 Å². The highest BCUT2D eigenvalue weighted by Gasteiger charge is 2.25. The molecule has 0 aromatic heterocycles. The van der Waals surface area contributed by atoms with E-state index in [4.69, 9.17) is 4.74 Å². The third kappa shape index (κ3) is 8.27. The van der Waals surface area contributed by atoms with Crippen LogP contribution in [-0.4, -0.2) is 47.4 Å². The van der Waals surface area contributed by atoms with Gasteiger partial charge in [0.05, 0.1) is 6.54 Å². The van der Waals surface area contributed by atoms with Gasteiger partial charge in [0.15, 0.2) is 5.96 Å². The van der Waals surface area contributed by atoms with Crippen LogP contribution in [0.15, 0.2) is 29.3 Å². The van der Waals surface area contributed by atoms with Crippen molar-refractivity contribution in [2.75, 3.05) is 26.0 Å². The molecule has 0 amide bonds. The maximum atomic E-state index is 12.1. The second-order valence-corrected chi connectivity index (χ2v) is 9.38. The van der Waals surface area contributed by atoms with Gasteiger partial charge in [-0.3, -0.25) is 9.20 Å². The summed E-state index contributed by atoms with van der Waals surface area (Å²) in [4.78, 5) is 4.31. The standard InChI is InChI=1S/C21H35N3O2S.HI/c1-5-27(25)20-8-6-7-18(15-20)24-21(22-4)23-13-14-26-19-11-9-17(10-12-19)16(2)3;/h9-12,16,18,20H,5-8,13-15H2,1-4H3,(H2,22,23,24);1H. The predicted molar refractivity (Wildman–Crippen MR) is 131 cm³/mol. The fourth-order valence-electron chi connectivity index (χ4n) is 3.43. The minimum absolute atomic E-state index is 0. The molecule has 0 bridgehead atoms. The molecule has 3 atom stereocenters. The first kappa shape index (κ1) is 25.2. The summed E-state index contributed by atoms with van der Waals surface area (Å²) in [6.07, 6.45) is 4.27. The van der Waals surface area contributed by atoms with Gasteiger partial charge >= 0.3 is 0 Å². The number of hydrogen-bond acceptors (Lipinski definition) is 3. The lowest BCUT2D eigenvalue weighted by Gasteiger charge is -2.30. The van der Waals surface area contributed by atoms with Crippen LogP contribution < -0.4 is 15.4 Å². The molecule has 1 fully saturated rings. The number of halogens is 1. The quantitative estimate of drug-likeness (QED) is 0.235. The zero-order valence-electron chi connectivity index (χ0n) is 17.6. The van der Waals surface area contributed by atoms with Crippen LogP contribution >= 0.6 is 24.0 Å². The second-order valence-electron chi connectivity index (χ2n) is 7.37. The summed E-state index contributed by atoms with van der Waals surface area (Å²) in [7, 11) is 1.08. The first-order valence-electron chi connectivity index (χ1n) is 10.1. The first-order valence-corrected chi connectivity index (χ1v) is 11.5. The van der Waals surface area contributed by atoms with Gasteiger partial charge in [-0.05, 0) is 42.9 Å². The van der Waals surface area contributed by atoms with E-state index in [9.17, 15) is 4.21 Å². The maximum Gasteiger partial charge on any atom is 0.191 e. The van der Waals surface area contributed by atoms with Crippen LogP contribution in [0.1, 0.15) is 57.9 Å². The Morgan fingerprint density at radius 1 is 1.29 bits per heavy atom. The lowest BCUT2D eigenvalue weighted by Crippen LogP contribution is -2.47. The van der Waals surface area contributed by atoms with Gasteiger partial charge in [0.2, 0.25) is 0 Å². The van der Waals surface area contributed by atoms with Crippen LogP contribution in [0.3, 0.4) is 0 Å². The zero-order chi connectivity index (χ0) is 19.6. The topological polar surface area (TPSA) is 62.7 Å². The molecule has 1 aromatic rings. The number of nitrogens with zero attached hydrogens (tertiary/aromatic N) is 1. The summed E-state index contributed by atoms with van der Waals surface area (Å²) in [6.45, 7) is 7.64. The summed E-state index contributed by atoms with van der Waals surface area (Å²) < 4.78 is 17.9. The molecule has 1 aromatic carbocycles. The van der Waals surface area contributed by atoms with Crippen LogP contribution in [0.5, 0.6) is 5.75 Å². The third-order valence-corrected chi connectivity index (χ3v) is 6.80. The van der Waals surface area contributed by atoms with Crippen molar-refractivity contribution in [2.24, 2.45) is 4.99 Å². The molecule has 0 spiro atoms. The van der Waals surface area contributed by atoms with Gasteiger partial charge in [-0.2, -0.15) is 0 Å². The summed E-state index contributed by atoms with van der Waals surface area (Å²) in [5.41, 5.74) is 1.32. The predicted octanol–water partition coefficient (Wildman–Crippen LogP) is 4.05. The van der Waals surface area contributed by atoms with Crippen molar-refractivity contribution >= 4 is 40.7 Å². The van der Waals surface area contributed by atoms with Gasteiger partial charge in [0, 0.05) is 34.9 Å². The van der Waals surface area contributed by atoms with Crippen molar-refractivity contribution in [1.29, 1.82) is 0 Å². The van der Waals surface area contributed by atoms with E-state index in [1.165, 1.54) is 5.56 Å². The number of nitrogens with one attached hydrogen (secondary N) is 2. The molecule has 1 aliphatic carbocycles. The SMILES string of the molecule is CCS(=O)C1CCCC(NC(=NC)NCCOc2ccc(C(C)C)cc2)C1.I. The fraction of sp³-hybridized carbons (Fsp3) is 0.667. The molecular formula is C21H36IN3O2S.